The number of benzene rings is 1. The fourth-order valence-electron chi connectivity index (χ4n) is 2.77. The van der Waals surface area contributed by atoms with Crippen LogP contribution in [0.15, 0.2) is 48.9 Å². The lowest BCUT2D eigenvalue weighted by Gasteiger charge is -2.05. The number of amides is 1. The molecule has 0 saturated carbocycles. The Hall–Kier alpha value is -3.61. The fraction of sp³-hybridized carbons (Fsp3) is 0. The maximum atomic E-state index is 13.5. The number of H-pyrrole nitrogens is 1. The van der Waals surface area contributed by atoms with E-state index >= 15 is 0 Å². The first-order chi connectivity index (χ1) is 12.5. The van der Waals surface area contributed by atoms with Crippen molar-refractivity contribution in [1.29, 1.82) is 0 Å². The van der Waals surface area contributed by atoms with Crippen LogP contribution < -0.4 is 5.73 Å². The second-order valence-electron chi connectivity index (χ2n) is 5.78. The molecule has 26 heavy (non-hydrogen) atoms. The van der Waals surface area contributed by atoms with Gasteiger partial charge in [0.05, 0.1) is 5.52 Å². The lowest BCUT2D eigenvalue weighted by molar-refractivity contribution is -0.113. The number of pyridine rings is 2. The normalized spacial score (nSPS) is 11.6. The average Bonchev–Trinajstić information content (AvgIpc) is 3.03. The maximum absolute atomic E-state index is 13.5. The van der Waals surface area contributed by atoms with Crippen LogP contribution >= 0.6 is 0 Å². The molecule has 0 spiro atoms. The van der Waals surface area contributed by atoms with E-state index in [9.17, 15) is 13.6 Å². The van der Waals surface area contributed by atoms with Crippen molar-refractivity contribution >= 4 is 33.9 Å². The van der Waals surface area contributed by atoms with Gasteiger partial charge >= 0.3 is 0 Å². The predicted molar refractivity (Wildman–Crippen MR) is 95.0 cm³/mol. The van der Waals surface area contributed by atoms with Crippen LogP contribution in [0.2, 0.25) is 0 Å². The molecule has 0 atom stereocenters. The maximum Gasteiger partial charge on any atom is 0.241 e. The van der Waals surface area contributed by atoms with Crippen molar-refractivity contribution in [2.45, 2.75) is 0 Å². The first-order valence-electron chi connectivity index (χ1n) is 7.71. The van der Waals surface area contributed by atoms with Gasteiger partial charge in [-0.2, -0.15) is 0 Å². The molecule has 4 aromatic rings. The van der Waals surface area contributed by atoms with E-state index in [1.807, 2.05) is 6.07 Å². The minimum Gasteiger partial charge on any atom is -0.366 e. The standard InChI is InChI=1S/C19H12F2N4O/c20-15-5-11-3-12(8-23-17(11)6-16(15)21)13-4-14-10(1-2-18(22)26)7-24-19(14)25-9-13/h1-9H,(H2,22,26)(H,24,25). The van der Waals surface area contributed by atoms with Crippen molar-refractivity contribution in [3.05, 3.63) is 66.1 Å². The molecule has 3 aromatic heterocycles. The van der Waals surface area contributed by atoms with Gasteiger partial charge in [-0.15, -0.1) is 0 Å². The minimum absolute atomic E-state index is 0.369. The molecule has 5 nitrogen and oxygen atoms in total. The molecular weight excluding hydrogens is 338 g/mol. The summed E-state index contributed by atoms with van der Waals surface area (Å²) in [5.41, 5.74) is 8.38. The Morgan fingerprint density at radius 3 is 2.58 bits per heavy atom. The quantitative estimate of drug-likeness (QED) is 0.554. The number of nitrogens with one attached hydrogen (secondary N) is 1. The van der Waals surface area contributed by atoms with E-state index in [1.54, 1.807) is 30.7 Å². The van der Waals surface area contributed by atoms with E-state index in [0.29, 0.717) is 22.1 Å². The van der Waals surface area contributed by atoms with E-state index < -0.39 is 17.5 Å². The van der Waals surface area contributed by atoms with Gasteiger partial charge in [0.1, 0.15) is 5.65 Å². The Kier molecular flexibility index (Phi) is 3.69. The molecule has 7 heteroatoms. The first kappa shape index (κ1) is 15.9. The monoisotopic (exact) mass is 350 g/mol. The molecule has 0 fully saturated rings. The van der Waals surface area contributed by atoms with Crippen LogP contribution in [0.3, 0.4) is 0 Å². The van der Waals surface area contributed by atoms with Crippen molar-refractivity contribution in [3.8, 4) is 11.1 Å². The Balaban J connectivity index is 1.83. The van der Waals surface area contributed by atoms with Crippen molar-refractivity contribution < 1.29 is 13.6 Å². The number of aromatic amines is 1. The number of nitrogens with two attached hydrogens (primary N) is 1. The number of fused-ring (bicyclic) bond motifs is 2. The molecule has 0 unspecified atom stereocenters. The predicted octanol–water partition coefficient (Wildman–Crippen LogP) is 3.55. The zero-order valence-corrected chi connectivity index (χ0v) is 13.3. The number of hydrogen-bond donors (Lipinski definition) is 2. The lowest BCUT2D eigenvalue weighted by Crippen LogP contribution is -2.04. The summed E-state index contributed by atoms with van der Waals surface area (Å²) in [7, 11) is 0. The number of carbonyl (C=O) groups is 1. The van der Waals surface area contributed by atoms with Crippen LogP contribution in [0.4, 0.5) is 8.78 Å². The average molecular weight is 350 g/mol. The summed E-state index contributed by atoms with van der Waals surface area (Å²) in [4.78, 5) is 22.5. The highest BCUT2D eigenvalue weighted by Gasteiger charge is 2.09. The van der Waals surface area contributed by atoms with Gasteiger partial charge in [-0.25, -0.2) is 13.8 Å². The zero-order chi connectivity index (χ0) is 18.3. The molecule has 0 bridgehead atoms. The third kappa shape index (κ3) is 2.79. The summed E-state index contributed by atoms with van der Waals surface area (Å²) in [5, 5.41) is 1.29. The van der Waals surface area contributed by atoms with E-state index in [0.717, 1.165) is 28.6 Å². The van der Waals surface area contributed by atoms with Gasteiger partial charge in [0.15, 0.2) is 11.6 Å². The molecule has 1 aromatic carbocycles. The number of hydrogen-bond acceptors (Lipinski definition) is 3. The number of nitrogens with zero attached hydrogens (tertiary/aromatic N) is 2. The third-order valence-corrected chi connectivity index (χ3v) is 4.05. The molecule has 0 saturated heterocycles. The van der Waals surface area contributed by atoms with Gasteiger partial charge < -0.3 is 10.7 Å². The fourth-order valence-corrected chi connectivity index (χ4v) is 2.77. The summed E-state index contributed by atoms with van der Waals surface area (Å²) >= 11 is 0. The Labute approximate surface area is 146 Å². The number of primary amides is 1. The summed E-state index contributed by atoms with van der Waals surface area (Å²) < 4.78 is 26.8. The van der Waals surface area contributed by atoms with Gasteiger partial charge in [0, 0.05) is 58.2 Å². The third-order valence-electron chi connectivity index (χ3n) is 4.05. The molecule has 4 rings (SSSR count). The Bertz CT molecular complexity index is 1200. The zero-order valence-electron chi connectivity index (χ0n) is 13.3. The molecule has 1 amide bonds. The summed E-state index contributed by atoms with van der Waals surface area (Å²) in [5.74, 6) is -2.40. The van der Waals surface area contributed by atoms with Crippen molar-refractivity contribution in [3.63, 3.8) is 0 Å². The van der Waals surface area contributed by atoms with Crippen LogP contribution in [0, 0.1) is 11.6 Å². The second-order valence-corrected chi connectivity index (χ2v) is 5.78. The van der Waals surface area contributed by atoms with Crippen LogP contribution in [0.25, 0.3) is 39.1 Å². The number of halogens is 2. The Morgan fingerprint density at radius 1 is 1.04 bits per heavy atom. The molecular formula is C19H12F2N4O. The molecule has 0 radical (unpaired) electrons. The van der Waals surface area contributed by atoms with Crippen molar-refractivity contribution in [2.75, 3.05) is 0 Å². The van der Waals surface area contributed by atoms with Gasteiger partial charge in [0.25, 0.3) is 0 Å². The van der Waals surface area contributed by atoms with Crippen molar-refractivity contribution in [2.24, 2.45) is 5.73 Å². The van der Waals surface area contributed by atoms with Gasteiger partial charge in [-0.3, -0.25) is 9.78 Å². The van der Waals surface area contributed by atoms with E-state index in [1.165, 1.54) is 6.08 Å². The van der Waals surface area contributed by atoms with Crippen molar-refractivity contribution in [1.82, 2.24) is 15.0 Å². The highest BCUT2D eigenvalue weighted by molar-refractivity contribution is 5.96. The summed E-state index contributed by atoms with van der Waals surface area (Å²) in [6.45, 7) is 0. The second kappa shape index (κ2) is 6.03. The van der Waals surface area contributed by atoms with Gasteiger partial charge in [0.2, 0.25) is 5.91 Å². The number of aromatic nitrogens is 3. The Morgan fingerprint density at radius 2 is 1.77 bits per heavy atom. The highest BCUT2D eigenvalue weighted by atomic mass is 19.2. The molecule has 0 aliphatic rings. The lowest BCUT2D eigenvalue weighted by atomic mass is 10.0. The largest absolute Gasteiger partial charge is 0.366 e. The summed E-state index contributed by atoms with van der Waals surface area (Å²) in [6.07, 6.45) is 7.82. The number of rotatable bonds is 3. The molecule has 0 aliphatic carbocycles. The topological polar surface area (TPSA) is 84.7 Å². The minimum atomic E-state index is -0.931. The van der Waals surface area contributed by atoms with E-state index in [2.05, 4.69) is 15.0 Å². The summed E-state index contributed by atoms with van der Waals surface area (Å²) in [6, 6.07) is 5.78. The van der Waals surface area contributed by atoms with Crippen LogP contribution in [0.1, 0.15) is 5.56 Å². The number of carbonyl (C=O) groups excluding carboxylic acids is 1. The van der Waals surface area contributed by atoms with E-state index in [4.69, 9.17) is 5.73 Å². The van der Waals surface area contributed by atoms with E-state index in [-0.39, 0.29) is 0 Å². The van der Waals surface area contributed by atoms with Gasteiger partial charge in [-0.1, -0.05) is 0 Å². The first-order valence-corrected chi connectivity index (χ1v) is 7.71. The molecule has 3 heterocycles. The van der Waals surface area contributed by atoms with Crippen LogP contribution in [-0.4, -0.2) is 20.9 Å². The molecule has 128 valence electrons. The molecule has 0 aliphatic heterocycles. The van der Waals surface area contributed by atoms with Crippen LogP contribution in [-0.2, 0) is 4.79 Å². The smallest absolute Gasteiger partial charge is 0.241 e. The molecule has 3 N–H and O–H groups in total. The van der Waals surface area contributed by atoms with Gasteiger partial charge in [-0.05, 0) is 24.3 Å². The SMILES string of the molecule is NC(=O)C=Cc1c[nH]c2ncc(-c3cnc4cc(F)c(F)cc4c3)cc12. The van der Waals surface area contributed by atoms with Crippen LogP contribution in [0.5, 0.6) is 0 Å². The highest BCUT2D eigenvalue weighted by Crippen LogP contribution is 2.27.